The summed E-state index contributed by atoms with van der Waals surface area (Å²) in [5.74, 6) is 0.469. The van der Waals surface area contributed by atoms with E-state index >= 15 is 0 Å². The molecule has 1 aromatic heterocycles. The highest BCUT2D eigenvalue weighted by Gasteiger charge is 2.22. The summed E-state index contributed by atoms with van der Waals surface area (Å²) in [6, 6.07) is 21.0. The van der Waals surface area contributed by atoms with Gasteiger partial charge in [0.15, 0.2) is 0 Å². The largest absolute Gasteiger partial charge is 0.474 e. The molecule has 0 saturated heterocycles. The summed E-state index contributed by atoms with van der Waals surface area (Å²) in [5, 5.41) is 0. The second-order valence-corrected chi connectivity index (χ2v) is 6.24. The lowest BCUT2D eigenvalue weighted by atomic mass is 10.1. The fourth-order valence-corrected chi connectivity index (χ4v) is 3.08. The summed E-state index contributed by atoms with van der Waals surface area (Å²) in [6.07, 6.45) is 2.87. The molecule has 3 nitrogen and oxygen atoms in total. The number of aliphatic imine (C=N–C) groups is 1. The normalized spacial score (nSPS) is 16.5. The Morgan fingerprint density at radius 2 is 1.76 bits per heavy atom. The molecule has 1 atom stereocenters. The lowest BCUT2D eigenvalue weighted by Crippen LogP contribution is -2.11. The lowest BCUT2D eigenvalue weighted by molar-refractivity contribution is 0.315. The standard InChI is InChI=1S/C21H19FN2O/c22-18-10-8-17(9-11-18)14-24-12-4-7-20(24)21-23-19(15-25-21)13-16-5-2-1-3-6-16/h1-12,19H,13-15H2. The van der Waals surface area contributed by atoms with Crippen LogP contribution in [0.4, 0.5) is 4.39 Å². The number of aromatic nitrogens is 1. The van der Waals surface area contributed by atoms with E-state index in [1.165, 1.54) is 17.7 Å². The van der Waals surface area contributed by atoms with E-state index < -0.39 is 0 Å². The minimum atomic E-state index is -0.219. The molecule has 2 heterocycles. The topological polar surface area (TPSA) is 26.5 Å². The smallest absolute Gasteiger partial charge is 0.233 e. The van der Waals surface area contributed by atoms with Crippen molar-refractivity contribution in [3.63, 3.8) is 0 Å². The van der Waals surface area contributed by atoms with Crippen molar-refractivity contribution in [2.24, 2.45) is 4.99 Å². The van der Waals surface area contributed by atoms with E-state index in [2.05, 4.69) is 16.7 Å². The van der Waals surface area contributed by atoms with Gasteiger partial charge in [-0.15, -0.1) is 0 Å². The zero-order chi connectivity index (χ0) is 17.1. The third kappa shape index (κ3) is 3.63. The molecule has 0 radical (unpaired) electrons. The number of hydrogen-bond donors (Lipinski definition) is 0. The third-order valence-electron chi connectivity index (χ3n) is 4.34. The average molecular weight is 334 g/mol. The van der Waals surface area contributed by atoms with Crippen molar-refractivity contribution < 1.29 is 9.13 Å². The number of ether oxygens (including phenoxy) is 1. The first-order valence-electron chi connectivity index (χ1n) is 8.42. The van der Waals surface area contributed by atoms with Crippen molar-refractivity contribution in [1.29, 1.82) is 0 Å². The molecule has 126 valence electrons. The second kappa shape index (κ2) is 6.93. The molecule has 1 unspecified atom stereocenters. The van der Waals surface area contributed by atoms with Crippen molar-refractivity contribution in [1.82, 2.24) is 4.57 Å². The SMILES string of the molecule is Fc1ccc(Cn2cccc2C2=NC(Cc3ccccc3)CO2)cc1. The number of nitrogens with zero attached hydrogens (tertiary/aromatic N) is 2. The summed E-state index contributed by atoms with van der Waals surface area (Å²) in [5.41, 5.74) is 3.26. The Hall–Kier alpha value is -2.88. The second-order valence-electron chi connectivity index (χ2n) is 6.24. The van der Waals surface area contributed by atoms with Crippen LogP contribution in [0.15, 0.2) is 77.9 Å². The first kappa shape index (κ1) is 15.6. The summed E-state index contributed by atoms with van der Waals surface area (Å²) in [7, 11) is 0. The van der Waals surface area contributed by atoms with E-state index in [1.807, 2.05) is 36.5 Å². The Kier molecular flexibility index (Phi) is 4.34. The van der Waals surface area contributed by atoms with Gasteiger partial charge >= 0.3 is 0 Å². The Morgan fingerprint density at radius 1 is 0.960 bits per heavy atom. The molecule has 3 aromatic rings. The molecule has 0 fully saturated rings. The van der Waals surface area contributed by atoms with Gasteiger partial charge in [-0.25, -0.2) is 9.38 Å². The van der Waals surface area contributed by atoms with Crippen molar-refractivity contribution in [2.75, 3.05) is 6.61 Å². The first-order valence-corrected chi connectivity index (χ1v) is 8.42. The molecular formula is C21H19FN2O. The molecule has 0 spiro atoms. The zero-order valence-corrected chi connectivity index (χ0v) is 13.8. The van der Waals surface area contributed by atoms with Crippen LogP contribution in [0.25, 0.3) is 0 Å². The van der Waals surface area contributed by atoms with E-state index in [4.69, 9.17) is 9.73 Å². The molecule has 1 aliphatic rings. The Morgan fingerprint density at radius 3 is 2.56 bits per heavy atom. The van der Waals surface area contributed by atoms with Crippen molar-refractivity contribution in [3.05, 3.63) is 95.6 Å². The van der Waals surface area contributed by atoms with Crippen LogP contribution in [0.1, 0.15) is 16.8 Å². The molecule has 4 rings (SSSR count). The molecule has 0 amide bonds. The number of benzene rings is 2. The molecule has 1 aliphatic heterocycles. The van der Waals surface area contributed by atoms with Crippen molar-refractivity contribution in [2.45, 2.75) is 19.0 Å². The zero-order valence-electron chi connectivity index (χ0n) is 13.8. The highest BCUT2D eigenvalue weighted by Crippen LogP contribution is 2.17. The van der Waals surface area contributed by atoms with Gasteiger partial charge in [0.1, 0.15) is 18.1 Å². The number of halogens is 1. The summed E-state index contributed by atoms with van der Waals surface area (Å²) < 4.78 is 21.0. The highest BCUT2D eigenvalue weighted by atomic mass is 19.1. The van der Waals surface area contributed by atoms with Gasteiger partial charge in [-0.2, -0.15) is 0 Å². The highest BCUT2D eigenvalue weighted by molar-refractivity contribution is 5.93. The van der Waals surface area contributed by atoms with Crippen LogP contribution < -0.4 is 0 Å². The first-order chi connectivity index (χ1) is 12.3. The minimum absolute atomic E-state index is 0.145. The monoisotopic (exact) mass is 334 g/mol. The van der Waals surface area contributed by atoms with Gasteiger partial charge in [-0.1, -0.05) is 42.5 Å². The molecule has 0 bridgehead atoms. The Labute approximate surface area is 146 Å². The average Bonchev–Trinajstić information content (AvgIpc) is 3.27. The van der Waals surface area contributed by atoms with Gasteiger partial charge in [-0.3, -0.25) is 0 Å². The maximum atomic E-state index is 13.1. The van der Waals surface area contributed by atoms with Crippen LogP contribution in [0.5, 0.6) is 0 Å². The Bertz CT molecular complexity index is 868. The molecule has 2 aromatic carbocycles. The van der Waals surface area contributed by atoms with Gasteiger partial charge in [0.25, 0.3) is 0 Å². The van der Waals surface area contributed by atoms with Gasteiger partial charge in [0.2, 0.25) is 5.90 Å². The molecular weight excluding hydrogens is 315 g/mol. The van der Waals surface area contributed by atoms with Gasteiger partial charge in [0, 0.05) is 12.7 Å². The van der Waals surface area contributed by atoms with E-state index in [1.54, 1.807) is 12.1 Å². The van der Waals surface area contributed by atoms with Crippen LogP contribution in [0.2, 0.25) is 0 Å². The van der Waals surface area contributed by atoms with Crippen molar-refractivity contribution in [3.8, 4) is 0 Å². The van der Waals surface area contributed by atoms with Crippen LogP contribution >= 0.6 is 0 Å². The van der Waals surface area contributed by atoms with Crippen LogP contribution in [-0.4, -0.2) is 23.1 Å². The summed E-state index contributed by atoms with van der Waals surface area (Å²) >= 11 is 0. The summed E-state index contributed by atoms with van der Waals surface area (Å²) in [6.45, 7) is 1.26. The van der Waals surface area contributed by atoms with E-state index in [0.29, 0.717) is 19.0 Å². The Balaban J connectivity index is 1.50. The van der Waals surface area contributed by atoms with E-state index in [-0.39, 0.29) is 11.9 Å². The summed E-state index contributed by atoms with van der Waals surface area (Å²) in [4.78, 5) is 4.76. The van der Waals surface area contributed by atoms with Gasteiger partial charge < -0.3 is 9.30 Å². The number of hydrogen-bond acceptors (Lipinski definition) is 2. The van der Waals surface area contributed by atoms with E-state index in [0.717, 1.165) is 17.7 Å². The number of rotatable bonds is 5. The van der Waals surface area contributed by atoms with Crippen LogP contribution in [-0.2, 0) is 17.7 Å². The maximum Gasteiger partial charge on any atom is 0.233 e. The van der Waals surface area contributed by atoms with Gasteiger partial charge in [0.05, 0.1) is 6.04 Å². The lowest BCUT2D eigenvalue weighted by Gasteiger charge is -2.09. The molecule has 4 heteroatoms. The third-order valence-corrected chi connectivity index (χ3v) is 4.34. The molecule has 25 heavy (non-hydrogen) atoms. The van der Waals surface area contributed by atoms with Crippen molar-refractivity contribution >= 4 is 5.90 Å². The molecule has 0 N–H and O–H groups in total. The van der Waals surface area contributed by atoms with Crippen LogP contribution in [0.3, 0.4) is 0 Å². The van der Waals surface area contributed by atoms with Gasteiger partial charge in [-0.05, 0) is 41.8 Å². The molecule has 0 aliphatic carbocycles. The van der Waals surface area contributed by atoms with Crippen LogP contribution in [0, 0.1) is 5.82 Å². The maximum absolute atomic E-state index is 13.1. The minimum Gasteiger partial charge on any atom is -0.474 e. The quantitative estimate of drug-likeness (QED) is 0.691. The fourth-order valence-electron chi connectivity index (χ4n) is 3.08. The predicted molar refractivity (Wildman–Crippen MR) is 96.4 cm³/mol. The van der Waals surface area contributed by atoms with E-state index in [9.17, 15) is 4.39 Å². The fraction of sp³-hybridized carbons (Fsp3) is 0.190. The predicted octanol–water partition coefficient (Wildman–Crippen LogP) is 4.06. The molecule has 0 saturated carbocycles.